The van der Waals surface area contributed by atoms with Crippen molar-refractivity contribution in [2.45, 2.75) is 13.0 Å². The number of rotatable bonds is 6. The maximum atomic E-state index is 12.1. The van der Waals surface area contributed by atoms with Crippen molar-refractivity contribution in [1.82, 2.24) is 10.9 Å². The minimum Gasteiger partial charge on any atom is -0.486 e. The fourth-order valence-corrected chi connectivity index (χ4v) is 2.87. The van der Waals surface area contributed by atoms with Crippen LogP contribution in [-0.4, -0.2) is 11.8 Å². The van der Waals surface area contributed by atoms with Crippen LogP contribution in [0.4, 0.5) is 0 Å². The first kappa shape index (κ1) is 19.8. The third kappa shape index (κ3) is 5.28. The first-order valence-corrected chi connectivity index (χ1v) is 9.07. The van der Waals surface area contributed by atoms with Crippen molar-refractivity contribution in [3.05, 3.63) is 87.8 Å². The second kappa shape index (κ2) is 9.30. The first-order valence-electron chi connectivity index (χ1n) is 8.31. The molecule has 144 valence electrons. The van der Waals surface area contributed by atoms with E-state index in [2.05, 4.69) is 10.9 Å². The summed E-state index contributed by atoms with van der Waals surface area (Å²) >= 11 is 12.1. The van der Waals surface area contributed by atoms with E-state index in [1.165, 1.54) is 6.07 Å². The van der Waals surface area contributed by atoms with Gasteiger partial charge in [0.25, 0.3) is 0 Å². The van der Waals surface area contributed by atoms with Crippen LogP contribution in [0.25, 0.3) is 0 Å². The number of hydrogen-bond donors (Lipinski definition) is 2. The highest BCUT2D eigenvalue weighted by Gasteiger charge is 2.14. The summed E-state index contributed by atoms with van der Waals surface area (Å²) in [7, 11) is 0. The summed E-state index contributed by atoms with van der Waals surface area (Å²) < 4.78 is 11.0. The van der Waals surface area contributed by atoms with Crippen molar-refractivity contribution in [2.24, 2.45) is 0 Å². The highest BCUT2D eigenvalue weighted by atomic mass is 35.5. The molecule has 0 aliphatic rings. The maximum absolute atomic E-state index is 12.1. The minimum absolute atomic E-state index is 0.0442. The van der Waals surface area contributed by atoms with E-state index >= 15 is 0 Å². The van der Waals surface area contributed by atoms with E-state index in [0.29, 0.717) is 27.1 Å². The van der Waals surface area contributed by atoms with Gasteiger partial charge in [0, 0.05) is 10.0 Å². The van der Waals surface area contributed by atoms with Crippen LogP contribution in [-0.2, 0) is 17.8 Å². The average molecular weight is 419 g/mol. The Morgan fingerprint density at radius 1 is 0.893 bits per heavy atom. The van der Waals surface area contributed by atoms with Crippen LogP contribution >= 0.6 is 23.2 Å². The Labute approximate surface area is 171 Å². The van der Waals surface area contributed by atoms with Crippen molar-refractivity contribution in [1.29, 1.82) is 0 Å². The molecule has 2 aromatic carbocycles. The van der Waals surface area contributed by atoms with Crippen LogP contribution in [0.2, 0.25) is 10.0 Å². The van der Waals surface area contributed by atoms with Crippen LogP contribution < -0.4 is 15.6 Å². The zero-order valence-electron chi connectivity index (χ0n) is 14.6. The molecule has 0 unspecified atom stereocenters. The van der Waals surface area contributed by atoms with Gasteiger partial charge in [0.1, 0.15) is 18.1 Å². The Hall–Kier alpha value is -2.96. The lowest BCUT2D eigenvalue weighted by Crippen LogP contribution is -2.42. The predicted molar refractivity (Wildman–Crippen MR) is 105 cm³/mol. The van der Waals surface area contributed by atoms with Gasteiger partial charge in [-0.3, -0.25) is 20.4 Å². The van der Waals surface area contributed by atoms with E-state index in [1.807, 2.05) is 30.3 Å². The Morgan fingerprint density at radius 3 is 2.32 bits per heavy atom. The number of furan rings is 1. The van der Waals surface area contributed by atoms with Crippen molar-refractivity contribution < 1.29 is 18.7 Å². The largest absolute Gasteiger partial charge is 0.486 e. The van der Waals surface area contributed by atoms with Gasteiger partial charge in [0.15, 0.2) is 5.76 Å². The number of ether oxygens (including phenoxy) is 1. The zero-order valence-corrected chi connectivity index (χ0v) is 16.1. The lowest BCUT2D eigenvalue weighted by atomic mass is 10.1. The van der Waals surface area contributed by atoms with Crippen molar-refractivity contribution >= 4 is 35.0 Å². The molecule has 0 saturated carbocycles. The Morgan fingerprint density at radius 2 is 1.61 bits per heavy atom. The lowest BCUT2D eigenvalue weighted by Gasteiger charge is -2.08. The fraction of sp³-hybridized carbons (Fsp3) is 0.100. The number of halogens is 2. The molecule has 28 heavy (non-hydrogen) atoms. The summed E-state index contributed by atoms with van der Waals surface area (Å²) in [4.78, 5) is 24.1. The van der Waals surface area contributed by atoms with Gasteiger partial charge in [-0.25, -0.2) is 0 Å². The first-order chi connectivity index (χ1) is 13.5. The normalized spacial score (nSPS) is 10.4. The molecule has 0 spiro atoms. The number of benzene rings is 2. The van der Waals surface area contributed by atoms with Gasteiger partial charge in [0.05, 0.1) is 6.42 Å². The number of carbonyl (C=O) groups excluding carboxylic acids is 2. The molecule has 0 fully saturated rings. The van der Waals surface area contributed by atoms with Crippen LogP contribution in [0.15, 0.2) is 65.1 Å². The molecule has 2 N–H and O–H groups in total. The molecule has 6 nitrogen and oxygen atoms in total. The molecule has 3 aromatic rings. The molecule has 1 heterocycles. The maximum Gasteiger partial charge on any atom is 0.305 e. The Kier molecular flexibility index (Phi) is 6.57. The fourth-order valence-electron chi connectivity index (χ4n) is 2.34. The number of para-hydroxylation sites is 1. The third-order valence-corrected chi connectivity index (χ3v) is 4.43. The molecule has 0 atom stereocenters. The molecular formula is C20H16Cl2N2O4. The molecule has 0 saturated heterocycles. The van der Waals surface area contributed by atoms with E-state index < -0.39 is 11.8 Å². The summed E-state index contributed by atoms with van der Waals surface area (Å²) in [6.45, 7) is 0.175. The van der Waals surface area contributed by atoms with Gasteiger partial charge in [-0.05, 0) is 42.0 Å². The van der Waals surface area contributed by atoms with E-state index in [9.17, 15) is 9.59 Å². The topological polar surface area (TPSA) is 80.6 Å². The van der Waals surface area contributed by atoms with Crippen molar-refractivity contribution in [2.75, 3.05) is 0 Å². The number of nitrogens with one attached hydrogen (secondary N) is 2. The highest BCUT2D eigenvalue weighted by Crippen LogP contribution is 2.24. The smallest absolute Gasteiger partial charge is 0.305 e. The van der Waals surface area contributed by atoms with Crippen LogP contribution in [0.5, 0.6) is 5.75 Å². The van der Waals surface area contributed by atoms with Gasteiger partial charge >= 0.3 is 5.91 Å². The van der Waals surface area contributed by atoms with Gasteiger partial charge in [-0.15, -0.1) is 0 Å². The number of hydrogen-bond acceptors (Lipinski definition) is 4. The predicted octanol–water partition coefficient (Wildman–Crippen LogP) is 4.17. The molecule has 3 rings (SSSR count). The van der Waals surface area contributed by atoms with Gasteiger partial charge in [0.2, 0.25) is 5.91 Å². The van der Waals surface area contributed by atoms with Gasteiger partial charge in [-0.2, -0.15) is 0 Å². The quantitative estimate of drug-likeness (QED) is 0.588. The summed E-state index contributed by atoms with van der Waals surface area (Å²) in [6.07, 6.45) is -0.0763. The van der Waals surface area contributed by atoms with Crippen LogP contribution in [0.1, 0.15) is 21.9 Å². The zero-order chi connectivity index (χ0) is 19.9. The van der Waals surface area contributed by atoms with Gasteiger partial charge < -0.3 is 9.15 Å². The number of amides is 2. The third-order valence-electron chi connectivity index (χ3n) is 3.72. The second-order valence-electron chi connectivity index (χ2n) is 5.75. The molecular weight excluding hydrogens is 403 g/mol. The summed E-state index contributed by atoms with van der Waals surface area (Å²) in [6, 6.07) is 17.3. The van der Waals surface area contributed by atoms with Crippen molar-refractivity contribution in [3.63, 3.8) is 0 Å². The van der Waals surface area contributed by atoms with Gasteiger partial charge in [-0.1, -0.05) is 47.5 Å². The van der Waals surface area contributed by atoms with E-state index in [0.717, 1.165) is 0 Å². The van der Waals surface area contributed by atoms with E-state index in [-0.39, 0.29) is 18.8 Å². The molecule has 0 radical (unpaired) electrons. The minimum atomic E-state index is -0.593. The second-order valence-corrected chi connectivity index (χ2v) is 6.56. The van der Waals surface area contributed by atoms with Crippen LogP contribution in [0.3, 0.4) is 0 Å². The summed E-state index contributed by atoms with van der Waals surface area (Å²) in [5, 5.41) is 0.756. The monoisotopic (exact) mass is 418 g/mol. The van der Waals surface area contributed by atoms with E-state index in [1.54, 1.807) is 24.3 Å². The van der Waals surface area contributed by atoms with Crippen molar-refractivity contribution in [3.8, 4) is 5.75 Å². The molecule has 1 aromatic heterocycles. The molecule has 0 aliphatic heterocycles. The molecule has 8 heteroatoms. The SMILES string of the molecule is O=C(Cc1c(Cl)cccc1Cl)NNC(=O)c1ccc(COc2ccccc2)o1. The molecule has 0 bridgehead atoms. The van der Waals surface area contributed by atoms with Crippen LogP contribution in [0, 0.1) is 0 Å². The standard InChI is InChI=1S/C20H16Cl2N2O4/c21-16-7-4-8-17(22)15(16)11-19(25)23-24-20(26)18-10-9-14(28-18)12-27-13-5-2-1-3-6-13/h1-10H,11-12H2,(H,23,25)(H,24,26). The number of carbonyl (C=O) groups is 2. The highest BCUT2D eigenvalue weighted by molar-refractivity contribution is 6.36. The summed E-state index contributed by atoms with van der Waals surface area (Å²) in [5.41, 5.74) is 5.07. The van der Waals surface area contributed by atoms with E-state index in [4.69, 9.17) is 32.4 Å². The number of hydrazine groups is 1. The average Bonchev–Trinajstić information content (AvgIpc) is 3.17. The lowest BCUT2D eigenvalue weighted by molar-refractivity contribution is -0.121. The molecule has 2 amide bonds. The summed E-state index contributed by atoms with van der Waals surface area (Å²) in [5.74, 6) is 0.147. The Bertz CT molecular complexity index is 953. The Balaban J connectivity index is 1.50. The molecule has 0 aliphatic carbocycles.